The van der Waals surface area contributed by atoms with Crippen LogP contribution in [0, 0.1) is 0 Å². The molecule has 6 heteroatoms. The molecular formula is C14H26ClN3O2. The molecule has 0 radical (unpaired) electrons. The first kappa shape index (κ1) is 17.2. The Labute approximate surface area is 127 Å². The van der Waals surface area contributed by atoms with Crippen LogP contribution in [0.3, 0.4) is 0 Å². The van der Waals surface area contributed by atoms with Crippen LogP contribution in [0.15, 0.2) is 0 Å². The molecule has 0 spiro atoms. The summed E-state index contributed by atoms with van der Waals surface area (Å²) in [7, 11) is 1.97. The first-order valence-corrected chi connectivity index (χ1v) is 7.43. The normalized spacial score (nSPS) is 21.4. The Balaban J connectivity index is 0.00000200. The molecule has 0 atom stereocenters. The minimum atomic E-state index is 0. The van der Waals surface area contributed by atoms with Gasteiger partial charge in [-0.3, -0.25) is 9.59 Å². The van der Waals surface area contributed by atoms with Gasteiger partial charge < -0.3 is 15.1 Å². The molecule has 2 heterocycles. The molecule has 0 aromatic heterocycles. The summed E-state index contributed by atoms with van der Waals surface area (Å²) < 4.78 is 0. The topological polar surface area (TPSA) is 52.7 Å². The zero-order chi connectivity index (χ0) is 13.7. The molecule has 20 heavy (non-hydrogen) atoms. The predicted molar refractivity (Wildman–Crippen MR) is 81.0 cm³/mol. The van der Waals surface area contributed by atoms with Gasteiger partial charge >= 0.3 is 0 Å². The Bertz CT molecular complexity index is 330. The second-order valence-electron chi connectivity index (χ2n) is 5.57. The smallest absolute Gasteiger partial charge is 0.242 e. The molecule has 2 saturated heterocycles. The number of nitrogens with one attached hydrogen (secondary N) is 1. The van der Waals surface area contributed by atoms with Gasteiger partial charge in [0.2, 0.25) is 11.8 Å². The van der Waals surface area contributed by atoms with Crippen molar-refractivity contribution in [2.24, 2.45) is 0 Å². The van der Waals surface area contributed by atoms with E-state index in [2.05, 4.69) is 5.32 Å². The molecule has 2 aliphatic rings. The molecule has 1 N–H and O–H groups in total. The van der Waals surface area contributed by atoms with Crippen LogP contribution in [0.5, 0.6) is 0 Å². The lowest BCUT2D eigenvalue weighted by Gasteiger charge is -2.33. The summed E-state index contributed by atoms with van der Waals surface area (Å²) in [4.78, 5) is 27.8. The first-order chi connectivity index (χ1) is 9.20. The van der Waals surface area contributed by atoms with Gasteiger partial charge in [-0.25, -0.2) is 0 Å². The molecule has 0 bridgehead atoms. The van der Waals surface area contributed by atoms with Gasteiger partial charge in [-0.2, -0.15) is 0 Å². The molecule has 2 rings (SSSR count). The molecule has 0 saturated carbocycles. The Morgan fingerprint density at radius 1 is 1.20 bits per heavy atom. The predicted octanol–water partition coefficient (Wildman–Crippen LogP) is 1.02. The molecule has 0 unspecified atom stereocenters. The summed E-state index contributed by atoms with van der Waals surface area (Å²) in [5.41, 5.74) is 0. The summed E-state index contributed by atoms with van der Waals surface area (Å²) in [5.74, 6) is 0.265. The Morgan fingerprint density at radius 3 is 2.55 bits per heavy atom. The van der Waals surface area contributed by atoms with E-state index in [9.17, 15) is 9.59 Å². The van der Waals surface area contributed by atoms with E-state index >= 15 is 0 Å². The maximum atomic E-state index is 12.2. The van der Waals surface area contributed by atoms with E-state index in [1.165, 1.54) is 0 Å². The summed E-state index contributed by atoms with van der Waals surface area (Å²) in [6.45, 7) is 2.65. The maximum Gasteiger partial charge on any atom is 0.242 e. The summed E-state index contributed by atoms with van der Waals surface area (Å²) >= 11 is 0. The average molecular weight is 304 g/mol. The Hall–Kier alpha value is -0.810. The molecular weight excluding hydrogens is 278 g/mol. The number of rotatable bonds is 3. The number of piperidine rings is 1. The monoisotopic (exact) mass is 303 g/mol. The number of likely N-dealkylation sites (tertiary alicyclic amines) is 2. The van der Waals surface area contributed by atoms with Crippen molar-refractivity contribution in [1.29, 1.82) is 0 Å². The average Bonchev–Trinajstić information content (AvgIpc) is 2.64. The van der Waals surface area contributed by atoms with Crippen molar-refractivity contribution in [1.82, 2.24) is 15.1 Å². The van der Waals surface area contributed by atoms with E-state index in [-0.39, 0.29) is 30.8 Å². The van der Waals surface area contributed by atoms with Crippen molar-refractivity contribution in [3.8, 4) is 0 Å². The van der Waals surface area contributed by atoms with Crippen LogP contribution in [0.2, 0.25) is 0 Å². The molecule has 0 aromatic carbocycles. The highest BCUT2D eigenvalue weighted by Crippen LogP contribution is 2.13. The van der Waals surface area contributed by atoms with Crippen LogP contribution < -0.4 is 5.32 Å². The van der Waals surface area contributed by atoms with Gasteiger partial charge in [-0.15, -0.1) is 12.4 Å². The number of nitrogens with zero attached hydrogens (tertiary/aromatic N) is 2. The fourth-order valence-corrected chi connectivity index (χ4v) is 2.89. The zero-order valence-electron chi connectivity index (χ0n) is 12.3. The third-order valence-corrected chi connectivity index (χ3v) is 4.25. The third kappa shape index (κ3) is 4.63. The quantitative estimate of drug-likeness (QED) is 0.847. The minimum Gasteiger partial charge on any atom is -0.341 e. The fourth-order valence-electron chi connectivity index (χ4n) is 2.89. The largest absolute Gasteiger partial charge is 0.341 e. The molecule has 2 aliphatic heterocycles. The van der Waals surface area contributed by atoms with E-state index in [0.29, 0.717) is 12.5 Å². The molecule has 0 aromatic rings. The molecule has 2 amide bonds. The van der Waals surface area contributed by atoms with Crippen LogP contribution >= 0.6 is 12.4 Å². The van der Waals surface area contributed by atoms with Crippen molar-refractivity contribution < 1.29 is 9.59 Å². The van der Waals surface area contributed by atoms with E-state index in [4.69, 9.17) is 0 Å². The van der Waals surface area contributed by atoms with Gasteiger partial charge in [0.05, 0.1) is 6.54 Å². The minimum absolute atomic E-state index is 0. The number of amides is 2. The lowest BCUT2D eigenvalue weighted by molar-refractivity contribution is -0.140. The molecule has 2 fully saturated rings. The Morgan fingerprint density at radius 2 is 1.90 bits per heavy atom. The zero-order valence-corrected chi connectivity index (χ0v) is 13.1. The van der Waals surface area contributed by atoms with Crippen LogP contribution in [0.25, 0.3) is 0 Å². The highest BCUT2D eigenvalue weighted by Gasteiger charge is 2.25. The van der Waals surface area contributed by atoms with Gasteiger partial charge in [0.15, 0.2) is 0 Å². The summed E-state index contributed by atoms with van der Waals surface area (Å²) in [6.07, 6.45) is 5.73. The number of hydrogen-bond donors (Lipinski definition) is 1. The fraction of sp³-hybridized carbons (Fsp3) is 0.857. The van der Waals surface area contributed by atoms with E-state index in [0.717, 1.165) is 51.7 Å². The maximum absolute atomic E-state index is 12.2. The summed E-state index contributed by atoms with van der Waals surface area (Å²) in [5, 5.41) is 3.26. The van der Waals surface area contributed by atoms with Gasteiger partial charge in [-0.1, -0.05) is 6.42 Å². The van der Waals surface area contributed by atoms with Crippen LogP contribution in [0.1, 0.15) is 38.5 Å². The molecule has 116 valence electrons. The SMILES string of the molecule is CNC1CCN(C(=O)CN2CCCCCC2=O)CC1.Cl. The standard InChI is InChI=1S/C14H25N3O2.ClH/c1-15-12-6-9-16(10-7-12)14(19)11-17-8-4-2-3-5-13(17)18;/h12,15H,2-11H2,1H3;1H. The lowest BCUT2D eigenvalue weighted by atomic mass is 10.1. The van der Waals surface area contributed by atoms with Crippen molar-refractivity contribution >= 4 is 24.2 Å². The van der Waals surface area contributed by atoms with Crippen molar-refractivity contribution in [2.75, 3.05) is 33.2 Å². The van der Waals surface area contributed by atoms with Gasteiger partial charge in [-0.05, 0) is 32.7 Å². The molecule has 5 nitrogen and oxygen atoms in total. The first-order valence-electron chi connectivity index (χ1n) is 7.43. The number of carbonyl (C=O) groups excluding carboxylic acids is 2. The van der Waals surface area contributed by atoms with Crippen molar-refractivity contribution in [2.45, 2.75) is 44.6 Å². The van der Waals surface area contributed by atoms with E-state index < -0.39 is 0 Å². The van der Waals surface area contributed by atoms with Crippen molar-refractivity contribution in [3.63, 3.8) is 0 Å². The van der Waals surface area contributed by atoms with Gasteiger partial charge in [0.1, 0.15) is 0 Å². The van der Waals surface area contributed by atoms with Crippen LogP contribution in [-0.2, 0) is 9.59 Å². The Kier molecular flexibility index (Phi) is 7.30. The highest BCUT2D eigenvalue weighted by molar-refractivity contribution is 5.85. The van der Waals surface area contributed by atoms with Crippen LogP contribution in [0.4, 0.5) is 0 Å². The second-order valence-corrected chi connectivity index (χ2v) is 5.57. The van der Waals surface area contributed by atoms with Gasteiger partial charge in [0, 0.05) is 32.1 Å². The summed E-state index contributed by atoms with van der Waals surface area (Å²) in [6, 6.07) is 0.531. The molecule has 0 aliphatic carbocycles. The lowest BCUT2D eigenvalue weighted by Crippen LogP contribution is -2.48. The number of carbonyl (C=O) groups is 2. The van der Waals surface area contributed by atoms with E-state index in [1.807, 2.05) is 11.9 Å². The van der Waals surface area contributed by atoms with Crippen molar-refractivity contribution in [3.05, 3.63) is 0 Å². The second kappa shape index (κ2) is 8.47. The van der Waals surface area contributed by atoms with Gasteiger partial charge in [0.25, 0.3) is 0 Å². The van der Waals surface area contributed by atoms with Crippen LogP contribution in [-0.4, -0.2) is 60.9 Å². The highest BCUT2D eigenvalue weighted by atomic mass is 35.5. The van der Waals surface area contributed by atoms with E-state index in [1.54, 1.807) is 4.90 Å². The number of halogens is 1. The third-order valence-electron chi connectivity index (χ3n) is 4.25. The number of hydrogen-bond acceptors (Lipinski definition) is 3.